The van der Waals surface area contributed by atoms with Gasteiger partial charge in [0.1, 0.15) is 36.7 Å². The lowest BCUT2D eigenvalue weighted by Crippen LogP contribution is -2.55. The summed E-state index contributed by atoms with van der Waals surface area (Å²) in [6.45, 7) is 12.6. The van der Waals surface area contributed by atoms with E-state index in [1.807, 2.05) is 80.6 Å². The standard InChI is InChI=1S/C48H60N2O11/c1-11-22-59-42-31(3)43(56-9)45(57-10)39-37(29-58-27-32-18-14-12-15-19-32)50(25-38(52)40(39)42)46(53)36(49(7)47(54)61-48(4,5)6)24-34-23-30(2)41(55-8)44(35(34)26-51)60-28-33-20-16-13-17-21-33/h11-21,23,36-38,51-52H,1,22,24-29H2,2-10H3/t36-,37-,38?/m0/s1. The van der Waals surface area contributed by atoms with Crippen molar-refractivity contribution < 1.29 is 53.0 Å². The van der Waals surface area contributed by atoms with E-state index in [1.165, 1.54) is 38.2 Å². The van der Waals surface area contributed by atoms with Crippen molar-refractivity contribution in [3.63, 3.8) is 0 Å². The number of aryl methyl sites for hydroxylation is 1. The van der Waals surface area contributed by atoms with Crippen molar-refractivity contribution in [1.29, 1.82) is 0 Å². The number of likely N-dealkylation sites (N-methyl/N-ethyl adjacent to an activating group) is 1. The van der Waals surface area contributed by atoms with Crippen molar-refractivity contribution >= 4 is 12.0 Å². The number of β-amino-alcohol motifs (C(OH)–C–C–N with tert-alkyl or cyclic N) is 1. The van der Waals surface area contributed by atoms with E-state index in [0.29, 0.717) is 62.1 Å². The number of nitrogens with zero attached hydrogens (tertiary/aromatic N) is 2. The number of ether oxygens (including phenoxy) is 7. The van der Waals surface area contributed by atoms with Crippen LogP contribution in [-0.4, -0.2) is 91.8 Å². The van der Waals surface area contributed by atoms with Crippen LogP contribution >= 0.6 is 0 Å². The van der Waals surface area contributed by atoms with Crippen molar-refractivity contribution in [3.05, 3.63) is 124 Å². The molecule has 0 spiro atoms. The molecule has 3 atom stereocenters. The maximum atomic E-state index is 15.6. The summed E-state index contributed by atoms with van der Waals surface area (Å²) in [5.74, 6) is 1.28. The smallest absolute Gasteiger partial charge is 0.410 e. The highest BCUT2D eigenvalue weighted by Gasteiger charge is 2.45. The van der Waals surface area contributed by atoms with E-state index in [0.717, 1.165) is 11.1 Å². The Balaban J connectivity index is 1.67. The molecular formula is C48H60N2O11. The van der Waals surface area contributed by atoms with Crippen molar-refractivity contribution in [2.75, 3.05) is 48.1 Å². The Hall–Kier alpha value is -5.76. The minimum Gasteiger partial charge on any atom is -0.493 e. The number of aliphatic hydroxyl groups is 2. The molecule has 1 heterocycles. The molecule has 0 bridgehead atoms. The van der Waals surface area contributed by atoms with E-state index in [4.69, 9.17) is 33.2 Å². The number of benzene rings is 4. The zero-order valence-electron chi connectivity index (χ0n) is 36.8. The molecule has 5 rings (SSSR count). The lowest BCUT2D eigenvalue weighted by Gasteiger charge is -2.43. The molecule has 0 saturated carbocycles. The van der Waals surface area contributed by atoms with Crippen LogP contribution in [0.3, 0.4) is 0 Å². The fourth-order valence-electron chi connectivity index (χ4n) is 7.74. The number of carbonyl (C=O) groups excluding carboxylic acids is 2. The molecule has 0 fully saturated rings. The van der Waals surface area contributed by atoms with E-state index in [-0.39, 0.29) is 39.4 Å². The summed E-state index contributed by atoms with van der Waals surface area (Å²) in [5.41, 5.74) is 4.03. The second kappa shape index (κ2) is 20.7. The van der Waals surface area contributed by atoms with Gasteiger partial charge in [0.05, 0.1) is 53.7 Å². The average molecular weight is 841 g/mol. The monoisotopic (exact) mass is 840 g/mol. The molecule has 4 aromatic rings. The van der Waals surface area contributed by atoms with E-state index < -0.39 is 42.4 Å². The number of methoxy groups -OCH3 is 3. The number of hydrogen-bond acceptors (Lipinski definition) is 11. The Morgan fingerprint density at radius 1 is 0.869 bits per heavy atom. The third kappa shape index (κ3) is 10.6. The third-order valence-electron chi connectivity index (χ3n) is 10.6. The Morgan fingerprint density at radius 3 is 2.03 bits per heavy atom. The summed E-state index contributed by atoms with van der Waals surface area (Å²) < 4.78 is 42.5. The first kappa shape index (κ1) is 46.3. The highest BCUT2D eigenvalue weighted by Crippen LogP contribution is 2.52. The summed E-state index contributed by atoms with van der Waals surface area (Å²) in [7, 11) is 6.04. The molecule has 2 N–H and O–H groups in total. The van der Waals surface area contributed by atoms with Crippen LogP contribution in [0.5, 0.6) is 28.7 Å². The molecule has 61 heavy (non-hydrogen) atoms. The van der Waals surface area contributed by atoms with Gasteiger partial charge in [0.25, 0.3) is 0 Å². The summed E-state index contributed by atoms with van der Waals surface area (Å²) in [6, 6.07) is 18.9. The van der Waals surface area contributed by atoms with Gasteiger partial charge in [-0.25, -0.2) is 4.79 Å². The lowest BCUT2D eigenvalue weighted by atomic mass is 9.86. The molecule has 0 aliphatic carbocycles. The third-order valence-corrected chi connectivity index (χ3v) is 10.6. The predicted molar refractivity (Wildman–Crippen MR) is 231 cm³/mol. The van der Waals surface area contributed by atoms with Gasteiger partial charge in [-0.2, -0.15) is 0 Å². The Bertz CT molecular complexity index is 2140. The second-order valence-corrected chi connectivity index (χ2v) is 15.9. The summed E-state index contributed by atoms with van der Waals surface area (Å²) in [5, 5.41) is 23.1. The molecule has 1 aliphatic rings. The molecule has 1 unspecified atom stereocenters. The molecule has 4 aromatic carbocycles. The number of carbonyl (C=O) groups is 2. The number of hydrogen-bond donors (Lipinski definition) is 2. The molecule has 13 nitrogen and oxygen atoms in total. The number of fused-ring (bicyclic) bond motifs is 1. The van der Waals surface area contributed by atoms with E-state index in [2.05, 4.69) is 6.58 Å². The van der Waals surface area contributed by atoms with Crippen LogP contribution in [0.25, 0.3) is 0 Å². The minimum atomic E-state index is -1.26. The number of rotatable bonds is 18. The Kier molecular flexibility index (Phi) is 15.7. The van der Waals surface area contributed by atoms with Crippen LogP contribution < -0.4 is 23.7 Å². The highest BCUT2D eigenvalue weighted by molar-refractivity contribution is 5.87. The lowest BCUT2D eigenvalue weighted by molar-refractivity contribution is -0.144. The quantitative estimate of drug-likeness (QED) is 0.0957. The topological polar surface area (TPSA) is 146 Å². The van der Waals surface area contributed by atoms with E-state index in [9.17, 15) is 15.0 Å². The van der Waals surface area contributed by atoms with Gasteiger partial charge >= 0.3 is 6.09 Å². The van der Waals surface area contributed by atoms with Gasteiger partial charge in [0, 0.05) is 35.7 Å². The molecule has 0 aromatic heterocycles. The summed E-state index contributed by atoms with van der Waals surface area (Å²) in [4.78, 5) is 32.3. The average Bonchev–Trinajstić information content (AvgIpc) is 3.24. The maximum absolute atomic E-state index is 15.6. The van der Waals surface area contributed by atoms with E-state index in [1.54, 1.807) is 26.8 Å². The van der Waals surface area contributed by atoms with E-state index >= 15 is 4.79 Å². The molecule has 0 radical (unpaired) electrons. The van der Waals surface area contributed by atoms with Gasteiger partial charge in [-0.3, -0.25) is 9.69 Å². The predicted octanol–water partition coefficient (Wildman–Crippen LogP) is 7.58. The van der Waals surface area contributed by atoms with Crippen molar-refractivity contribution in [3.8, 4) is 28.7 Å². The first-order valence-corrected chi connectivity index (χ1v) is 20.2. The van der Waals surface area contributed by atoms with Crippen molar-refractivity contribution in [1.82, 2.24) is 9.80 Å². The first-order valence-electron chi connectivity index (χ1n) is 20.2. The molecule has 328 valence electrons. The molecule has 2 amide bonds. The summed E-state index contributed by atoms with van der Waals surface area (Å²) >= 11 is 0. The fraction of sp³-hybridized carbons (Fsp3) is 0.417. The molecule has 1 aliphatic heterocycles. The van der Waals surface area contributed by atoms with Gasteiger partial charge < -0.3 is 48.3 Å². The fourth-order valence-corrected chi connectivity index (χ4v) is 7.74. The van der Waals surface area contributed by atoms with Crippen LogP contribution in [0, 0.1) is 13.8 Å². The zero-order chi connectivity index (χ0) is 44.4. The van der Waals surface area contributed by atoms with Crippen LogP contribution in [0.1, 0.15) is 77.4 Å². The first-order chi connectivity index (χ1) is 29.2. The van der Waals surface area contributed by atoms with Gasteiger partial charge in [-0.1, -0.05) is 79.4 Å². The van der Waals surface area contributed by atoms with Crippen LogP contribution in [0.2, 0.25) is 0 Å². The van der Waals surface area contributed by atoms with Crippen LogP contribution in [0.15, 0.2) is 79.4 Å². The van der Waals surface area contributed by atoms with Crippen LogP contribution in [0.4, 0.5) is 4.79 Å². The van der Waals surface area contributed by atoms with Crippen LogP contribution in [-0.2, 0) is 40.5 Å². The normalized spacial score (nSPS) is 15.3. The van der Waals surface area contributed by atoms with Crippen molar-refractivity contribution in [2.45, 2.75) is 84.6 Å². The number of amides is 2. The SMILES string of the molecule is C=CCOc1c(C)c(OC)c(OC)c2c1C(O)CN(C(=O)[C@H](Cc1cc(C)c(OC)c(OCc3ccccc3)c1CO)N(C)C(=O)OC(C)(C)C)[C@H]2COCc1ccccc1. The molecular weight excluding hydrogens is 781 g/mol. The highest BCUT2D eigenvalue weighted by atomic mass is 16.6. The number of aliphatic hydroxyl groups excluding tert-OH is 2. The van der Waals surface area contributed by atoms with Gasteiger partial charge in [-0.05, 0) is 56.9 Å². The second-order valence-electron chi connectivity index (χ2n) is 15.9. The Labute approximate surface area is 359 Å². The van der Waals surface area contributed by atoms with Crippen molar-refractivity contribution in [2.24, 2.45) is 0 Å². The van der Waals surface area contributed by atoms with Gasteiger partial charge in [0.15, 0.2) is 23.0 Å². The molecule has 0 saturated heterocycles. The minimum absolute atomic E-state index is 0.0340. The Morgan fingerprint density at radius 2 is 1.48 bits per heavy atom. The summed E-state index contributed by atoms with van der Waals surface area (Å²) in [6.07, 6.45) is -0.475. The zero-order valence-corrected chi connectivity index (χ0v) is 36.8. The maximum Gasteiger partial charge on any atom is 0.410 e. The molecule has 13 heteroatoms. The largest absolute Gasteiger partial charge is 0.493 e. The van der Waals surface area contributed by atoms with Gasteiger partial charge in [0.2, 0.25) is 5.91 Å². The van der Waals surface area contributed by atoms with Gasteiger partial charge in [-0.15, -0.1) is 0 Å².